The highest BCUT2D eigenvalue weighted by Crippen LogP contribution is 2.33. The fourth-order valence-corrected chi connectivity index (χ4v) is 2.74. The van der Waals surface area contributed by atoms with E-state index in [9.17, 15) is 9.18 Å². The van der Waals surface area contributed by atoms with E-state index in [1.807, 2.05) is 24.3 Å². The van der Waals surface area contributed by atoms with Gasteiger partial charge in [-0.1, -0.05) is 12.1 Å². The first kappa shape index (κ1) is 13.9. The number of nitrogen functional groups attached to an aromatic ring is 1. The third-order valence-corrected chi connectivity index (χ3v) is 3.95. The van der Waals surface area contributed by atoms with Crippen LogP contribution in [0.2, 0.25) is 0 Å². The molecule has 2 aromatic rings. The molecule has 0 unspecified atom stereocenters. The summed E-state index contributed by atoms with van der Waals surface area (Å²) < 4.78 is 19.3. The zero-order valence-electron chi connectivity index (χ0n) is 11.0. The van der Waals surface area contributed by atoms with Crippen molar-refractivity contribution in [3.05, 3.63) is 52.3 Å². The Bertz CT molecular complexity index is 721. The molecule has 2 N–H and O–H groups in total. The van der Waals surface area contributed by atoms with Crippen molar-refractivity contribution in [2.45, 2.75) is 0 Å². The lowest BCUT2D eigenvalue weighted by atomic mass is 10.1. The maximum Gasteiger partial charge on any atom is 0.259 e. The first-order valence-electron chi connectivity index (χ1n) is 6.36. The lowest BCUT2D eigenvalue weighted by molar-refractivity contribution is 0.0976. The fourth-order valence-electron chi connectivity index (χ4n) is 2.26. The summed E-state index contributed by atoms with van der Waals surface area (Å²) in [6.07, 6.45) is 0. The van der Waals surface area contributed by atoms with E-state index in [4.69, 9.17) is 10.5 Å². The van der Waals surface area contributed by atoms with Crippen LogP contribution in [-0.4, -0.2) is 19.1 Å². The minimum atomic E-state index is -0.555. The van der Waals surface area contributed by atoms with Gasteiger partial charge in [-0.25, -0.2) is 4.39 Å². The summed E-state index contributed by atoms with van der Waals surface area (Å²) in [6, 6.07) is 9.85. The van der Waals surface area contributed by atoms with E-state index < -0.39 is 5.82 Å². The highest BCUT2D eigenvalue weighted by molar-refractivity contribution is 9.10. The number of anilines is 2. The molecule has 4 nitrogen and oxygen atoms in total. The number of rotatable bonds is 1. The molecule has 0 atom stereocenters. The Morgan fingerprint density at radius 1 is 1.33 bits per heavy atom. The topological polar surface area (TPSA) is 55.6 Å². The van der Waals surface area contributed by atoms with E-state index >= 15 is 0 Å². The molecule has 3 rings (SSSR count). The van der Waals surface area contributed by atoms with Gasteiger partial charge in [0.1, 0.15) is 18.2 Å². The third kappa shape index (κ3) is 2.47. The second kappa shape index (κ2) is 5.37. The number of para-hydroxylation sites is 2. The van der Waals surface area contributed by atoms with Gasteiger partial charge in [0.15, 0.2) is 0 Å². The van der Waals surface area contributed by atoms with E-state index in [0.29, 0.717) is 34.6 Å². The van der Waals surface area contributed by atoms with Crippen molar-refractivity contribution in [2.75, 3.05) is 23.8 Å². The molecular weight excluding hydrogens is 339 g/mol. The molecule has 0 bridgehead atoms. The van der Waals surface area contributed by atoms with Gasteiger partial charge in [-0.2, -0.15) is 0 Å². The van der Waals surface area contributed by atoms with Gasteiger partial charge in [0, 0.05) is 4.47 Å². The summed E-state index contributed by atoms with van der Waals surface area (Å²) in [7, 11) is 0. The minimum Gasteiger partial charge on any atom is -0.490 e. The zero-order chi connectivity index (χ0) is 15.0. The van der Waals surface area contributed by atoms with Crippen molar-refractivity contribution in [1.82, 2.24) is 0 Å². The van der Waals surface area contributed by atoms with Crippen LogP contribution >= 0.6 is 15.9 Å². The molecule has 1 aliphatic heterocycles. The zero-order valence-corrected chi connectivity index (χ0v) is 12.6. The average Bonchev–Trinajstić information content (AvgIpc) is 2.49. The van der Waals surface area contributed by atoms with Crippen LogP contribution in [0.25, 0.3) is 0 Å². The van der Waals surface area contributed by atoms with Gasteiger partial charge in [0.25, 0.3) is 5.91 Å². The van der Waals surface area contributed by atoms with Crippen molar-refractivity contribution in [3.63, 3.8) is 0 Å². The maximum absolute atomic E-state index is 13.4. The average molecular weight is 351 g/mol. The van der Waals surface area contributed by atoms with Gasteiger partial charge < -0.3 is 15.4 Å². The molecule has 0 saturated carbocycles. The van der Waals surface area contributed by atoms with Gasteiger partial charge in [-0.3, -0.25) is 4.79 Å². The number of ether oxygens (including phenoxy) is 1. The van der Waals surface area contributed by atoms with Crippen molar-refractivity contribution in [3.8, 4) is 5.75 Å². The number of hydrogen-bond donors (Lipinski definition) is 1. The Morgan fingerprint density at radius 2 is 2.10 bits per heavy atom. The Hall–Kier alpha value is -2.08. The maximum atomic E-state index is 13.4. The quantitative estimate of drug-likeness (QED) is 0.803. The lowest BCUT2D eigenvalue weighted by Gasteiger charge is -2.29. The predicted molar refractivity (Wildman–Crippen MR) is 82.1 cm³/mol. The SMILES string of the molecule is Nc1cc(C(=O)N2CCOc3ccccc32)c(Br)cc1F. The number of nitrogens with two attached hydrogens (primary N) is 1. The smallest absolute Gasteiger partial charge is 0.259 e. The van der Waals surface area contributed by atoms with Crippen LogP contribution in [-0.2, 0) is 0 Å². The highest BCUT2D eigenvalue weighted by atomic mass is 79.9. The normalized spacial score (nSPS) is 13.5. The molecule has 1 amide bonds. The van der Waals surface area contributed by atoms with Gasteiger partial charge in [-0.15, -0.1) is 0 Å². The molecule has 0 spiro atoms. The number of benzene rings is 2. The summed E-state index contributed by atoms with van der Waals surface area (Å²) in [5.41, 5.74) is 6.53. The van der Waals surface area contributed by atoms with Gasteiger partial charge in [-0.05, 0) is 40.2 Å². The van der Waals surface area contributed by atoms with Gasteiger partial charge in [0.2, 0.25) is 0 Å². The lowest BCUT2D eigenvalue weighted by Crippen LogP contribution is -2.38. The van der Waals surface area contributed by atoms with E-state index in [2.05, 4.69) is 15.9 Å². The summed E-state index contributed by atoms with van der Waals surface area (Å²) >= 11 is 3.21. The monoisotopic (exact) mass is 350 g/mol. The van der Waals surface area contributed by atoms with E-state index in [1.165, 1.54) is 12.1 Å². The predicted octanol–water partition coefficient (Wildman–Crippen LogP) is 3.21. The molecule has 2 aromatic carbocycles. The summed E-state index contributed by atoms with van der Waals surface area (Å²) in [4.78, 5) is 14.3. The molecule has 0 radical (unpaired) electrons. The number of hydrogen-bond acceptors (Lipinski definition) is 3. The molecule has 21 heavy (non-hydrogen) atoms. The Kier molecular flexibility index (Phi) is 3.55. The standard InChI is InChI=1S/C15H12BrFN2O2/c16-10-8-11(17)12(18)7-9(10)15(20)19-5-6-21-14-4-2-1-3-13(14)19/h1-4,7-8H,5-6,18H2. The molecule has 1 heterocycles. The van der Waals surface area contributed by atoms with Crippen LogP contribution in [0.4, 0.5) is 15.8 Å². The first-order chi connectivity index (χ1) is 10.1. The molecule has 0 fully saturated rings. The van der Waals surface area contributed by atoms with Crippen molar-refractivity contribution < 1.29 is 13.9 Å². The van der Waals surface area contributed by atoms with Crippen LogP contribution in [0.3, 0.4) is 0 Å². The van der Waals surface area contributed by atoms with E-state index in [0.717, 1.165) is 0 Å². The third-order valence-electron chi connectivity index (χ3n) is 3.29. The van der Waals surface area contributed by atoms with Crippen LogP contribution < -0.4 is 15.4 Å². The number of halogens is 2. The summed E-state index contributed by atoms with van der Waals surface area (Å²) in [5.74, 6) is -0.145. The van der Waals surface area contributed by atoms with E-state index in [-0.39, 0.29) is 11.6 Å². The van der Waals surface area contributed by atoms with Crippen LogP contribution in [0.5, 0.6) is 5.75 Å². The Morgan fingerprint density at radius 3 is 2.90 bits per heavy atom. The van der Waals surface area contributed by atoms with Crippen LogP contribution in [0.15, 0.2) is 40.9 Å². The summed E-state index contributed by atoms with van der Waals surface area (Å²) in [5, 5.41) is 0. The number of nitrogens with zero attached hydrogens (tertiary/aromatic N) is 1. The highest BCUT2D eigenvalue weighted by Gasteiger charge is 2.26. The first-order valence-corrected chi connectivity index (χ1v) is 7.15. The van der Waals surface area contributed by atoms with Crippen molar-refractivity contribution >= 4 is 33.2 Å². The van der Waals surface area contributed by atoms with Crippen molar-refractivity contribution in [2.24, 2.45) is 0 Å². The second-order valence-electron chi connectivity index (χ2n) is 4.63. The molecule has 0 aliphatic carbocycles. The summed E-state index contributed by atoms with van der Waals surface area (Å²) in [6.45, 7) is 0.844. The van der Waals surface area contributed by atoms with Gasteiger partial charge >= 0.3 is 0 Å². The van der Waals surface area contributed by atoms with E-state index in [1.54, 1.807) is 4.90 Å². The number of fused-ring (bicyclic) bond motifs is 1. The number of carbonyl (C=O) groups is 1. The number of amides is 1. The second-order valence-corrected chi connectivity index (χ2v) is 5.48. The molecular formula is C15H12BrFN2O2. The van der Waals surface area contributed by atoms with Crippen LogP contribution in [0.1, 0.15) is 10.4 Å². The Labute approximate surface area is 129 Å². The van der Waals surface area contributed by atoms with Crippen molar-refractivity contribution in [1.29, 1.82) is 0 Å². The van der Waals surface area contributed by atoms with Gasteiger partial charge in [0.05, 0.1) is 23.5 Å². The largest absolute Gasteiger partial charge is 0.490 e. The van der Waals surface area contributed by atoms with Crippen LogP contribution in [0, 0.1) is 5.82 Å². The molecule has 6 heteroatoms. The molecule has 1 aliphatic rings. The Balaban J connectivity index is 2.03. The molecule has 0 aromatic heterocycles. The minimum absolute atomic E-state index is 0.0527. The number of carbonyl (C=O) groups excluding carboxylic acids is 1. The molecule has 108 valence electrons. The molecule has 0 saturated heterocycles. The fraction of sp³-hybridized carbons (Fsp3) is 0.133.